The first-order valence-electron chi connectivity index (χ1n) is 6.92. The van der Waals surface area contributed by atoms with Gasteiger partial charge in [0.1, 0.15) is 11.6 Å². The van der Waals surface area contributed by atoms with E-state index in [-0.39, 0.29) is 0 Å². The molecule has 18 heavy (non-hydrogen) atoms. The number of nitrogens with zero attached hydrogens (tertiary/aromatic N) is 3. The number of hydrogen-bond donors (Lipinski definition) is 1. The Bertz CT molecular complexity index is 375. The number of hydrogen-bond acceptors (Lipinski definition) is 4. The monoisotopic (exact) mass is 268 g/mol. The van der Waals surface area contributed by atoms with Crippen LogP contribution in [0.5, 0.6) is 0 Å². The van der Waals surface area contributed by atoms with E-state index in [1.807, 2.05) is 14.0 Å². The summed E-state index contributed by atoms with van der Waals surface area (Å²) in [6.45, 7) is 5.08. The Labute approximate surface area is 114 Å². The van der Waals surface area contributed by atoms with Crippen molar-refractivity contribution < 1.29 is 0 Å². The molecule has 2 rings (SSSR count). The molecule has 2 atom stereocenters. The molecule has 0 saturated heterocycles. The highest BCUT2D eigenvalue weighted by Gasteiger charge is 2.24. The molecule has 1 saturated carbocycles. The zero-order valence-electron chi connectivity index (χ0n) is 11.6. The molecular formula is C13H24N4S. The molecule has 0 amide bonds. The lowest BCUT2D eigenvalue weighted by molar-refractivity contribution is 0.377. The van der Waals surface area contributed by atoms with Crippen LogP contribution in [0.1, 0.15) is 44.3 Å². The Morgan fingerprint density at radius 2 is 2.11 bits per heavy atom. The van der Waals surface area contributed by atoms with Crippen LogP contribution in [-0.4, -0.2) is 31.8 Å². The van der Waals surface area contributed by atoms with Crippen molar-refractivity contribution >= 4 is 11.8 Å². The molecular weight excluding hydrogens is 244 g/mol. The van der Waals surface area contributed by atoms with E-state index in [0.29, 0.717) is 6.04 Å². The summed E-state index contributed by atoms with van der Waals surface area (Å²) in [4.78, 5) is 0. The lowest BCUT2D eigenvalue weighted by Crippen LogP contribution is -2.40. The number of thioether (sulfide) groups is 1. The van der Waals surface area contributed by atoms with E-state index in [0.717, 1.165) is 23.4 Å². The topological polar surface area (TPSA) is 42.7 Å². The smallest absolute Gasteiger partial charge is 0.146 e. The van der Waals surface area contributed by atoms with Crippen LogP contribution in [0.2, 0.25) is 0 Å². The van der Waals surface area contributed by atoms with Crippen LogP contribution in [0.3, 0.4) is 0 Å². The Balaban J connectivity index is 1.89. The van der Waals surface area contributed by atoms with Gasteiger partial charge in [-0.15, -0.1) is 10.2 Å². The highest BCUT2D eigenvalue weighted by molar-refractivity contribution is 7.99. The van der Waals surface area contributed by atoms with Crippen molar-refractivity contribution in [1.82, 2.24) is 20.1 Å². The van der Waals surface area contributed by atoms with Crippen LogP contribution in [0, 0.1) is 6.92 Å². The van der Waals surface area contributed by atoms with E-state index in [1.54, 1.807) is 0 Å². The lowest BCUT2D eigenvalue weighted by atomic mass is 9.95. The molecule has 1 aromatic heterocycles. The summed E-state index contributed by atoms with van der Waals surface area (Å²) in [5, 5.41) is 12.8. The zero-order chi connectivity index (χ0) is 13.0. The minimum atomic E-state index is 0.640. The predicted octanol–water partition coefficient (Wildman–Crippen LogP) is 2.28. The van der Waals surface area contributed by atoms with Crippen molar-refractivity contribution in [2.75, 3.05) is 5.75 Å². The fraction of sp³-hybridized carbons (Fsp3) is 0.846. The maximum atomic E-state index is 4.21. The summed E-state index contributed by atoms with van der Waals surface area (Å²) in [7, 11) is 2.03. The number of nitrogens with one attached hydrogen (secondary N) is 1. The third kappa shape index (κ3) is 3.26. The van der Waals surface area contributed by atoms with Gasteiger partial charge in [0.2, 0.25) is 0 Å². The van der Waals surface area contributed by atoms with Crippen molar-refractivity contribution in [3.63, 3.8) is 0 Å². The molecule has 1 aliphatic rings. The van der Waals surface area contributed by atoms with Crippen molar-refractivity contribution in [1.29, 1.82) is 0 Å². The van der Waals surface area contributed by atoms with Gasteiger partial charge in [-0.1, -0.05) is 19.8 Å². The first-order valence-corrected chi connectivity index (χ1v) is 7.97. The molecule has 0 aliphatic heterocycles. The third-order valence-electron chi connectivity index (χ3n) is 3.79. The SMILES string of the molecule is CCS[C@H]1CCCC[C@H]1NCc1nnc(C)n1C. The second-order valence-electron chi connectivity index (χ2n) is 4.99. The molecule has 0 spiro atoms. The van der Waals surface area contributed by atoms with E-state index >= 15 is 0 Å². The Morgan fingerprint density at radius 3 is 2.78 bits per heavy atom. The van der Waals surface area contributed by atoms with E-state index in [4.69, 9.17) is 0 Å². The normalized spacial score (nSPS) is 24.4. The Morgan fingerprint density at radius 1 is 1.33 bits per heavy atom. The van der Waals surface area contributed by atoms with Crippen molar-refractivity contribution in [2.24, 2.45) is 7.05 Å². The molecule has 1 heterocycles. The summed E-state index contributed by atoms with van der Waals surface area (Å²) in [6.07, 6.45) is 5.40. The van der Waals surface area contributed by atoms with Crippen molar-refractivity contribution in [2.45, 2.75) is 57.4 Å². The second kappa shape index (κ2) is 6.57. The van der Waals surface area contributed by atoms with Crippen LogP contribution >= 0.6 is 11.8 Å². The van der Waals surface area contributed by atoms with E-state index < -0.39 is 0 Å². The first kappa shape index (κ1) is 13.9. The molecule has 102 valence electrons. The molecule has 0 unspecified atom stereocenters. The van der Waals surface area contributed by atoms with Crippen LogP contribution in [0.4, 0.5) is 0 Å². The zero-order valence-corrected chi connectivity index (χ0v) is 12.5. The molecule has 0 bridgehead atoms. The van der Waals surface area contributed by atoms with Gasteiger partial charge < -0.3 is 9.88 Å². The highest BCUT2D eigenvalue weighted by atomic mass is 32.2. The average Bonchev–Trinajstić information content (AvgIpc) is 2.70. The molecule has 0 radical (unpaired) electrons. The largest absolute Gasteiger partial charge is 0.317 e. The standard InChI is InChI=1S/C13H24N4S/c1-4-18-12-8-6-5-7-11(12)14-9-13-16-15-10(2)17(13)3/h11-12,14H,4-9H2,1-3H3/t11-,12+/m1/s1. The van der Waals surface area contributed by atoms with Crippen molar-refractivity contribution in [3.8, 4) is 0 Å². The van der Waals surface area contributed by atoms with Gasteiger partial charge in [-0.2, -0.15) is 11.8 Å². The minimum absolute atomic E-state index is 0.640. The number of aromatic nitrogens is 3. The van der Waals surface area contributed by atoms with Gasteiger partial charge in [0.25, 0.3) is 0 Å². The summed E-state index contributed by atoms with van der Waals surface area (Å²) in [5.74, 6) is 3.24. The maximum absolute atomic E-state index is 4.21. The lowest BCUT2D eigenvalue weighted by Gasteiger charge is -2.31. The summed E-state index contributed by atoms with van der Waals surface area (Å²) in [5.41, 5.74) is 0. The molecule has 5 heteroatoms. The summed E-state index contributed by atoms with van der Waals surface area (Å²) in [6, 6.07) is 0.640. The molecule has 4 nitrogen and oxygen atoms in total. The third-order valence-corrected chi connectivity index (χ3v) is 5.11. The Hall–Kier alpha value is -0.550. The van der Waals surface area contributed by atoms with Gasteiger partial charge in [-0.3, -0.25) is 0 Å². The van der Waals surface area contributed by atoms with Crippen LogP contribution in [0.15, 0.2) is 0 Å². The first-order chi connectivity index (χ1) is 8.72. The number of aryl methyl sites for hydroxylation is 1. The van der Waals surface area contributed by atoms with Gasteiger partial charge in [-0.05, 0) is 25.5 Å². The van der Waals surface area contributed by atoms with Crippen LogP contribution < -0.4 is 5.32 Å². The fourth-order valence-corrected chi connectivity index (χ4v) is 3.80. The van der Waals surface area contributed by atoms with E-state index in [1.165, 1.54) is 31.4 Å². The van der Waals surface area contributed by atoms with E-state index in [2.05, 4.69) is 38.8 Å². The van der Waals surface area contributed by atoms with Gasteiger partial charge in [-0.25, -0.2) is 0 Å². The Kier molecular flexibility index (Phi) is 5.06. The molecule has 1 N–H and O–H groups in total. The van der Waals surface area contributed by atoms with Gasteiger partial charge in [0.15, 0.2) is 0 Å². The van der Waals surface area contributed by atoms with Gasteiger partial charge >= 0.3 is 0 Å². The maximum Gasteiger partial charge on any atom is 0.146 e. The predicted molar refractivity (Wildman–Crippen MR) is 76.8 cm³/mol. The molecule has 0 aromatic carbocycles. The quantitative estimate of drug-likeness (QED) is 0.889. The average molecular weight is 268 g/mol. The summed E-state index contributed by atoms with van der Waals surface area (Å²) >= 11 is 2.10. The fourth-order valence-electron chi connectivity index (χ4n) is 2.57. The molecule has 1 fully saturated rings. The van der Waals surface area contributed by atoms with Crippen molar-refractivity contribution in [3.05, 3.63) is 11.6 Å². The van der Waals surface area contributed by atoms with E-state index in [9.17, 15) is 0 Å². The molecule has 1 aromatic rings. The summed E-state index contributed by atoms with van der Waals surface area (Å²) < 4.78 is 2.07. The van der Waals surface area contributed by atoms with Crippen LogP contribution in [-0.2, 0) is 13.6 Å². The van der Waals surface area contributed by atoms with Gasteiger partial charge in [0, 0.05) is 18.3 Å². The van der Waals surface area contributed by atoms with Crippen LogP contribution in [0.25, 0.3) is 0 Å². The second-order valence-corrected chi connectivity index (χ2v) is 6.50. The molecule has 1 aliphatic carbocycles. The highest BCUT2D eigenvalue weighted by Crippen LogP contribution is 2.28. The number of rotatable bonds is 5. The minimum Gasteiger partial charge on any atom is -0.317 e. The van der Waals surface area contributed by atoms with Gasteiger partial charge in [0.05, 0.1) is 6.54 Å².